The lowest BCUT2D eigenvalue weighted by Crippen LogP contribution is -1.86. The molecule has 5 heteroatoms. The van der Waals surface area contributed by atoms with Crippen LogP contribution in [0.3, 0.4) is 0 Å². The molecule has 0 amide bonds. The zero-order valence-corrected chi connectivity index (χ0v) is 11.8. The Morgan fingerprint density at radius 1 is 1.29 bits per heavy atom. The zero-order chi connectivity index (χ0) is 12.4. The van der Waals surface area contributed by atoms with Crippen molar-refractivity contribution in [2.75, 3.05) is 0 Å². The summed E-state index contributed by atoms with van der Waals surface area (Å²) in [6.07, 6.45) is 0. The minimum absolute atomic E-state index is 0.354. The Bertz CT molecular complexity index is 539. The SMILES string of the molecule is Cc1ccc(Oc2nc(Cl)c(CCl)s2)cc1C. The highest BCUT2D eigenvalue weighted by Crippen LogP contribution is 2.33. The summed E-state index contributed by atoms with van der Waals surface area (Å²) in [4.78, 5) is 4.93. The highest BCUT2D eigenvalue weighted by atomic mass is 35.5. The normalized spacial score (nSPS) is 10.6. The van der Waals surface area contributed by atoms with E-state index in [1.165, 1.54) is 22.5 Å². The molecule has 0 unspecified atom stereocenters. The van der Waals surface area contributed by atoms with Crippen LogP contribution in [0.1, 0.15) is 16.0 Å². The summed E-state index contributed by atoms with van der Waals surface area (Å²) in [5.41, 5.74) is 2.42. The molecule has 0 saturated carbocycles. The van der Waals surface area contributed by atoms with Gasteiger partial charge >= 0.3 is 0 Å². The molecule has 1 heterocycles. The van der Waals surface area contributed by atoms with Gasteiger partial charge in [0.25, 0.3) is 5.19 Å². The van der Waals surface area contributed by atoms with Crippen LogP contribution in [0.25, 0.3) is 0 Å². The first-order valence-corrected chi connectivity index (χ1v) is 6.79. The lowest BCUT2D eigenvalue weighted by Gasteiger charge is -2.04. The van der Waals surface area contributed by atoms with Crippen LogP contribution in [-0.2, 0) is 5.88 Å². The third-order valence-corrected chi connectivity index (χ3v) is 4.22. The van der Waals surface area contributed by atoms with E-state index in [9.17, 15) is 0 Å². The van der Waals surface area contributed by atoms with E-state index in [-0.39, 0.29) is 0 Å². The molecule has 0 N–H and O–H groups in total. The molecule has 90 valence electrons. The maximum Gasteiger partial charge on any atom is 0.280 e. The molecular weight excluding hydrogens is 277 g/mol. The van der Waals surface area contributed by atoms with Crippen LogP contribution < -0.4 is 4.74 Å². The van der Waals surface area contributed by atoms with Gasteiger partial charge in [0.2, 0.25) is 0 Å². The van der Waals surface area contributed by atoms with Crippen LogP contribution in [0.2, 0.25) is 5.15 Å². The molecule has 0 bridgehead atoms. The lowest BCUT2D eigenvalue weighted by molar-refractivity contribution is 0.478. The fourth-order valence-corrected chi connectivity index (χ4v) is 2.66. The molecular formula is C12H11Cl2NOS. The number of halogens is 2. The Balaban J connectivity index is 2.22. The van der Waals surface area contributed by atoms with Crippen molar-refractivity contribution in [3.05, 3.63) is 39.4 Å². The van der Waals surface area contributed by atoms with E-state index in [4.69, 9.17) is 27.9 Å². The molecule has 0 atom stereocenters. The van der Waals surface area contributed by atoms with Gasteiger partial charge in [-0.05, 0) is 37.1 Å². The summed E-state index contributed by atoms with van der Waals surface area (Å²) >= 11 is 13.0. The number of ether oxygens (including phenoxy) is 1. The van der Waals surface area contributed by atoms with E-state index in [0.717, 1.165) is 10.6 Å². The third-order valence-electron chi connectivity index (χ3n) is 2.43. The van der Waals surface area contributed by atoms with Crippen LogP contribution in [0.5, 0.6) is 10.9 Å². The summed E-state index contributed by atoms with van der Waals surface area (Å²) in [7, 11) is 0. The average molecular weight is 288 g/mol. The van der Waals surface area contributed by atoms with Gasteiger partial charge in [-0.3, -0.25) is 0 Å². The molecule has 1 aromatic heterocycles. The second-order valence-corrected chi connectivity index (χ2v) is 5.35. The fourth-order valence-electron chi connectivity index (χ4n) is 1.32. The fraction of sp³-hybridized carbons (Fsp3) is 0.250. The number of alkyl halides is 1. The van der Waals surface area contributed by atoms with E-state index in [1.54, 1.807) is 0 Å². The van der Waals surface area contributed by atoms with Gasteiger partial charge in [0, 0.05) is 0 Å². The quantitative estimate of drug-likeness (QED) is 0.746. The summed E-state index contributed by atoms with van der Waals surface area (Å²) in [5.74, 6) is 1.12. The summed E-state index contributed by atoms with van der Waals surface area (Å²) in [5, 5.41) is 0.942. The predicted octanol–water partition coefficient (Wildman–Crippen LogP) is 4.94. The number of nitrogens with zero attached hydrogens (tertiary/aromatic N) is 1. The second-order valence-electron chi connectivity index (χ2n) is 3.68. The lowest BCUT2D eigenvalue weighted by atomic mass is 10.1. The van der Waals surface area contributed by atoms with Crippen molar-refractivity contribution < 1.29 is 4.74 Å². The Hall–Kier alpha value is -0.770. The number of aromatic nitrogens is 1. The maximum absolute atomic E-state index is 5.90. The van der Waals surface area contributed by atoms with Crippen LogP contribution in [0, 0.1) is 13.8 Å². The van der Waals surface area contributed by atoms with E-state index in [2.05, 4.69) is 11.9 Å². The van der Waals surface area contributed by atoms with Crippen molar-refractivity contribution in [3.8, 4) is 10.9 Å². The largest absolute Gasteiger partial charge is 0.431 e. The van der Waals surface area contributed by atoms with E-state index in [0.29, 0.717) is 16.2 Å². The first-order valence-electron chi connectivity index (χ1n) is 5.06. The van der Waals surface area contributed by atoms with E-state index < -0.39 is 0 Å². The van der Waals surface area contributed by atoms with Crippen molar-refractivity contribution in [2.45, 2.75) is 19.7 Å². The standard InChI is InChI=1S/C12H11Cl2NOS/c1-7-3-4-9(5-8(7)2)16-12-15-11(14)10(6-13)17-12/h3-5H,6H2,1-2H3. The number of benzene rings is 1. The number of thiazole rings is 1. The molecule has 17 heavy (non-hydrogen) atoms. The molecule has 0 saturated heterocycles. The van der Waals surface area contributed by atoms with Gasteiger partial charge in [0.15, 0.2) is 0 Å². The summed E-state index contributed by atoms with van der Waals surface area (Å²) in [6.45, 7) is 4.10. The smallest absolute Gasteiger partial charge is 0.280 e. The van der Waals surface area contributed by atoms with Crippen LogP contribution >= 0.6 is 34.5 Å². The Morgan fingerprint density at radius 2 is 2.06 bits per heavy atom. The monoisotopic (exact) mass is 287 g/mol. The molecule has 0 spiro atoms. The first-order chi connectivity index (χ1) is 8.10. The van der Waals surface area contributed by atoms with Crippen LogP contribution in [0.4, 0.5) is 0 Å². The van der Waals surface area contributed by atoms with E-state index >= 15 is 0 Å². The van der Waals surface area contributed by atoms with Crippen molar-refractivity contribution in [2.24, 2.45) is 0 Å². The van der Waals surface area contributed by atoms with Gasteiger partial charge in [0.1, 0.15) is 10.9 Å². The van der Waals surface area contributed by atoms with Gasteiger partial charge in [-0.15, -0.1) is 11.6 Å². The topological polar surface area (TPSA) is 22.1 Å². The van der Waals surface area contributed by atoms with Gasteiger partial charge < -0.3 is 4.74 Å². The molecule has 2 nitrogen and oxygen atoms in total. The van der Waals surface area contributed by atoms with E-state index in [1.807, 2.05) is 25.1 Å². The molecule has 0 radical (unpaired) electrons. The zero-order valence-electron chi connectivity index (χ0n) is 9.46. The number of rotatable bonds is 3. The summed E-state index contributed by atoms with van der Waals surface area (Å²) < 4.78 is 5.64. The molecule has 1 aromatic carbocycles. The predicted molar refractivity (Wildman–Crippen MR) is 72.7 cm³/mol. The number of hydrogen-bond acceptors (Lipinski definition) is 3. The third kappa shape index (κ3) is 2.92. The minimum Gasteiger partial charge on any atom is -0.431 e. The van der Waals surface area contributed by atoms with Gasteiger partial charge in [-0.2, -0.15) is 4.98 Å². The van der Waals surface area contributed by atoms with Crippen molar-refractivity contribution >= 4 is 34.5 Å². The molecule has 2 aromatic rings. The Labute approximate surface area is 114 Å². The van der Waals surface area contributed by atoms with Gasteiger partial charge in [-0.25, -0.2) is 0 Å². The number of aryl methyl sites for hydroxylation is 2. The maximum atomic E-state index is 5.90. The first kappa shape index (κ1) is 12.7. The Morgan fingerprint density at radius 3 is 2.65 bits per heavy atom. The molecule has 0 aliphatic heterocycles. The average Bonchev–Trinajstić information content (AvgIpc) is 2.64. The van der Waals surface area contributed by atoms with Crippen molar-refractivity contribution in [1.29, 1.82) is 0 Å². The second kappa shape index (κ2) is 5.25. The molecule has 0 aliphatic carbocycles. The summed E-state index contributed by atoms with van der Waals surface area (Å²) in [6, 6.07) is 5.91. The van der Waals surface area contributed by atoms with Gasteiger partial charge in [0.05, 0.1) is 10.8 Å². The molecule has 2 rings (SSSR count). The highest BCUT2D eigenvalue weighted by molar-refractivity contribution is 7.14. The minimum atomic E-state index is 0.354. The molecule has 0 fully saturated rings. The van der Waals surface area contributed by atoms with Crippen LogP contribution in [0.15, 0.2) is 18.2 Å². The van der Waals surface area contributed by atoms with Crippen molar-refractivity contribution in [1.82, 2.24) is 4.98 Å². The van der Waals surface area contributed by atoms with Crippen LogP contribution in [-0.4, -0.2) is 4.98 Å². The molecule has 0 aliphatic rings. The van der Waals surface area contributed by atoms with Gasteiger partial charge in [-0.1, -0.05) is 29.0 Å². The van der Waals surface area contributed by atoms with Crippen molar-refractivity contribution in [3.63, 3.8) is 0 Å². The highest BCUT2D eigenvalue weighted by Gasteiger charge is 2.10. The number of hydrogen-bond donors (Lipinski definition) is 0. The Kier molecular flexibility index (Phi) is 3.92.